The Balaban J connectivity index is 1.62. The number of thiazole rings is 1. The second-order valence-electron chi connectivity index (χ2n) is 8.03. The third-order valence-corrected chi connectivity index (χ3v) is 7.09. The van der Waals surface area contributed by atoms with Gasteiger partial charge in [0.25, 0.3) is 5.91 Å². The van der Waals surface area contributed by atoms with Gasteiger partial charge in [0.05, 0.1) is 11.5 Å². The van der Waals surface area contributed by atoms with Crippen LogP contribution in [0.15, 0.2) is 66.2 Å². The molecule has 3 aromatic rings. The standard InChI is InChI=1S/C24H23N3O2S/c28-21(26-23-25-14-15-30-23)20-18-10-4-5-11-19(18)22(29)27(24(20)12-6-7-13-24)16-17-8-2-1-3-9-17/h1-5,8-11,14-15,20H,6-7,12-13,16H2,(H,25,26,28)/t20-/m1/s1. The van der Waals surface area contributed by atoms with Gasteiger partial charge in [0.2, 0.25) is 5.91 Å². The van der Waals surface area contributed by atoms with Crippen molar-refractivity contribution in [1.29, 1.82) is 0 Å². The number of nitrogens with zero attached hydrogens (tertiary/aromatic N) is 2. The fourth-order valence-corrected chi connectivity index (χ4v) is 5.66. The van der Waals surface area contributed by atoms with Crippen molar-refractivity contribution >= 4 is 28.3 Å². The van der Waals surface area contributed by atoms with Crippen molar-refractivity contribution in [3.63, 3.8) is 0 Å². The number of nitrogens with one attached hydrogen (secondary N) is 1. The molecule has 1 N–H and O–H groups in total. The second-order valence-corrected chi connectivity index (χ2v) is 8.93. The Morgan fingerprint density at radius 2 is 1.83 bits per heavy atom. The molecule has 152 valence electrons. The summed E-state index contributed by atoms with van der Waals surface area (Å²) < 4.78 is 0. The summed E-state index contributed by atoms with van der Waals surface area (Å²) in [4.78, 5) is 33.5. The van der Waals surface area contributed by atoms with E-state index in [1.807, 2.05) is 64.9 Å². The van der Waals surface area contributed by atoms with Gasteiger partial charge in [0.1, 0.15) is 0 Å². The first-order chi connectivity index (χ1) is 14.7. The van der Waals surface area contributed by atoms with Crippen molar-refractivity contribution in [2.75, 3.05) is 5.32 Å². The highest BCUT2D eigenvalue weighted by atomic mass is 32.1. The molecule has 1 spiro atoms. The van der Waals surface area contributed by atoms with Crippen LogP contribution in [0.5, 0.6) is 0 Å². The molecular formula is C24H23N3O2S. The first kappa shape index (κ1) is 19.0. The van der Waals surface area contributed by atoms with Gasteiger partial charge in [-0.2, -0.15) is 0 Å². The van der Waals surface area contributed by atoms with Crippen LogP contribution in [0.3, 0.4) is 0 Å². The van der Waals surface area contributed by atoms with Gasteiger partial charge in [-0.05, 0) is 30.0 Å². The van der Waals surface area contributed by atoms with E-state index < -0.39 is 11.5 Å². The Bertz CT molecular complexity index is 1060. The smallest absolute Gasteiger partial charge is 0.254 e. The first-order valence-electron chi connectivity index (χ1n) is 10.3. The van der Waals surface area contributed by atoms with E-state index in [9.17, 15) is 9.59 Å². The molecule has 2 aromatic carbocycles. The summed E-state index contributed by atoms with van der Waals surface area (Å²) in [7, 11) is 0. The maximum atomic E-state index is 13.7. The number of hydrogen-bond acceptors (Lipinski definition) is 4. The Morgan fingerprint density at radius 1 is 1.10 bits per heavy atom. The van der Waals surface area contributed by atoms with Crippen molar-refractivity contribution in [1.82, 2.24) is 9.88 Å². The highest BCUT2D eigenvalue weighted by Gasteiger charge is 2.55. The van der Waals surface area contributed by atoms with E-state index in [1.165, 1.54) is 11.3 Å². The number of rotatable bonds is 4. The van der Waals surface area contributed by atoms with Crippen LogP contribution in [0.1, 0.15) is 53.1 Å². The molecule has 1 atom stereocenters. The van der Waals surface area contributed by atoms with E-state index in [-0.39, 0.29) is 11.8 Å². The number of benzene rings is 2. The third-order valence-electron chi connectivity index (χ3n) is 6.40. The number of carbonyl (C=O) groups excluding carboxylic acids is 2. The largest absolute Gasteiger partial charge is 0.327 e. The molecule has 0 saturated heterocycles. The highest BCUT2D eigenvalue weighted by molar-refractivity contribution is 7.13. The van der Waals surface area contributed by atoms with Crippen molar-refractivity contribution in [3.8, 4) is 0 Å². The zero-order chi connectivity index (χ0) is 20.6. The predicted molar refractivity (Wildman–Crippen MR) is 117 cm³/mol. The van der Waals surface area contributed by atoms with Crippen molar-refractivity contribution in [2.45, 2.75) is 43.7 Å². The molecule has 1 saturated carbocycles. The number of carbonyl (C=O) groups is 2. The van der Waals surface area contributed by atoms with Crippen LogP contribution >= 0.6 is 11.3 Å². The lowest BCUT2D eigenvalue weighted by Crippen LogP contribution is -2.59. The quantitative estimate of drug-likeness (QED) is 0.661. The fourth-order valence-electron chi connectivity index (χ4n) is 5.13. The summed E-state index contributed by atoms with van der Waals surface area (Å²) >= 11 is 1.41. The zero-order valence-electron chi connectivity index (χ0n) is 16.6. The lowest BCUT2D eigenvalue weighted by atomic mass is 9.71. The molecule has 1 aliphatic carbocycles. The summed E-state index contributed by atoms with van der Waals surface area (Å²) in [6.07, 6.45) is 5.38. The minimum Gasteiger partial charge on any atom is -0.327 e. The zero-order valence-corrected chi connectivity index (χ0v) is 17.4. The van der Waals surface area contributed by atoms with Crippen molar-refractivity contribution < 1.29 is 9.59 Å². The van der Waals surface area contributed by atoms with Crippen LogP contribution < -0.4 is 5.32 Å². The molecular weight excluding hydrogens is 394 g/mol. The summed E-state index contributed by atoms with van der Waals surface area (Å²) in [5.41, 5.74) is 2.03. The molecule has 0 unspecified atom stereocenters. The molecule has 2 amide bonds. The minimum atomic E-state index is -0.511. The van der Waals surface area contributed by atoms with Crippen LogP contribution in [0.4, 0.5) is 5.13 Å². The number of fused-ring (bicyclic) bond motifs is 1. The maximum Gasteiger partial charge on any atom is 0.254 e. The highest BCUT2D eigenvalue weighted by Crippen LogP contribution is 2.51. The van der Waals surface area contributed by atoms with E-state index in [0.717, 1.165) is 36.8 Å². The Kier molecular flexibility index (Phi) is 4.87. The summed E-state index contributed by atoms with van der Waals surface area (Å²) in [6, 6.07) is 17.6. The third kappa shape index (κ3) is 3.12. The Hall–Kier alpha value is -2.99. The predicted octanol–water partition coefficient (Wildman–Crippen LogP) is 4.83. The van der Waals surface area contributed by atoms with Crippen LogP contribution in [-0.2, 0) is 11.3 Å². The number of amides is 2. The van der Waals surface area contributed by atoms with Crippen LogP contribution in [0.2, 0.25) is 0 Å². The SMILES string of the molecule is O=C(Nc1nccs1)[C@H]1c2ccccc2C(=O)N(Cc2ccccc2)C12CCCC2. The van der Waals surface area contributed by atoms with Gasteiger partial charge in [-0.15, -0.1) is 11.3 Å². The number of anilines is 1. The molecule has 2 aliphatic rings. The maximum absolute atomic E-state index is 13.7. The normalized spacial score (nSPS) is 19.7. The molecule has 1 aromatic heterocycles. The van der Waals surface area contributed by atoms with Gasteiger partial charge in [-0.25, -0.2) is 4.98 Å². The van der Waals surface area contributed by atoms with Crippen molar-refractivity contribution in [2.24, 2.45) is 0 Å². The summed E-state index contributed by atoms with van der Waals surface area (Å²) in [5, 5.41) is 5.46. The van der Waals surface area contributed by atoms with E-state index >= 15 is 0 Å². The topological polar surface area (TPSA) is 62.3 Å². The average molecular weight is 418 g/mol. The molecule has 1 aliphatic heterocycles. The lowest BCUT2D eigenvalue weighted by Gasteiger charge is -2.50. The van der Waals surface area contributed by atoms with Gasteiger partial charge in [-0.1, -0.05) is 61.4 Å². The average Bonchev–Trinajstić information content (AvgIpc) is 3.45. The molecule has 1 fully saturated rings. The van der Waals surface area contributed by atoms with E-state index in [2.05, 4.69) is 10.3 Å². The Labute approximate surface area is 179 Å². The molecule has 6 heteroatoms. The van der Waals surface area contributed by atoms with Gasteiger partial charge >= 0.3 is 0 Å². The van der Waals surface area contributed by atoms with E-state index in [0.29, 0.717) is 17.2 Å². The molecule has 5 rings (SSSR count). The lowest BCUT2D eigenvalue weighted by molar-refractivity contribution is -0.121. The van der Waals surface area contributed by atoms with Crippen LogP contribution in [0.25, 0.3) is 0 Å². The molecule has 0 radical (unpaired) electrons. The number of aromatic nitrogens is 1. The minimum absolute atomic E-state index is 0.0228. The molecule has 2 heterocycles. The van der Waals surface area contributed by atoms with Crippen LogP contribution in [0, 0.1) is 0 Å². The second kappa shape index (κ2) is 7.69. The fraction of sp³-hybridized carbons (Fsp3) is 0.292. The first-order valence-corrected chi connectivity index (χ1v) is 11.2. The number of hydrogen-bond donors (Lipinski definition) is 1. The molecule has 30 heavy (non-hydrogen) atoms. The Morgan fingerprint density at radius 3 is 2.57 bits per heavy atom. The monoisotopic (exact) mass is 417 g/mol. The van der Waals surface area contributed by atoms with Crippen molar-refractivity contribution in [3.05, 3.63) is 82.9 Å². The van der Waals surface area contributed by atoms with Gasteiger partial charge in [0, 0.05) is 23.7 Å². The molecule has 0 bridgehead atoms. The molecule has 5 nitrogen and oxygen atoms in total. The van der Waals surface area contributed by atoms with E-state index in [4.69, 9.17) is 0 Å². The van der Waals surface area contributed by atoms with Gasteiger partial charge in [0.15, 0.2) is 5.13 Å². The van der Waals surface area contributed by atoms with Gasteiger partial charge < -0.3 is 10.2 Å². The van der Waals surface area contributed by atoms with Crippen LogP contribution in [-0.4, -0.2) is 27.2 Å². The van der Waals surface area contributed by atoms with E-state index in [1.54, 1.807) is 6.20 Å². The summed E-state index contributed by atoms with van der Waals surface area (Å²) in [6.45, 7) is 0.509. The summed E-state index contributed by atoms with van der Waals surface area (Å²) in [5.74, 6) is -0.471. The van der Waals surface area contributed by atoms with Gasteiger partial charge in [-0.3, -0.25) is 9.59 Å².